The maximum Gasteiger partial charge on any atom is 0.0392 e. The van der Waals surface area contributed by atoms with Crippen molar-refractivity contribution in [2.75, 3.05) is 28.4 Å². The van der Waals surface area contributed by atoms with Crippen LogP contribution in [0.2, 0.25) is 0 Å². The molecule has 0 aromatic rings. The Bertz CT molecular complexity index is 46.2. The second-order valence-corrected chi connectivity index (χ2v) is 4.64. The molecule has 0 amide bonds. The number of halogens is 2. The molecule has 56 valence electrons. The van der Waals surface area contributed by atoms with E-state index in [0.29, 0.717) is 0 Å². The van der Waals surface area contributed by atoms with Crippen molar-refractivity contribution < 1.29 is 0 Å². The maximum absolute atomic E-state index is 5.46. The lowest BCUT2D eigenvalue weighted by atomic mass is 11.0. The molecule has 0 unspecified atom stereocenters. The van der Waals surface area contributed by atoms with Gasteiger partial charge in [-0.3, -0.25) is 0 Å². The number of hydrogen-bond donors (Lipinski definition) is 0. The average molecular weight is 205 g/mol. The Morgan fingerprint density at radius 2 is 1.33 bits per heavy atom. The molecular formula is C5H10Cl2S2. The number of alkyl halides is 2. The minimum atomic E-state index is 0.756. The minimum Gasteiger partial charge on any atom is -0.150 e. The Morgan fingerprint density at radius 1 is 0.889 bits per heavy atom. The van der Waals surface area contributed by atoms with Crippen LogP contribution >= 0.6 is 46.7 Å². The molecular weight excluding hydrogens is 195 g/mol. The van der Waals surface area contributed by atoms with E-state index in [9.17, 15) is 0 Å². The van der Waals surface area contributed by atoms with Crippen LogP contribution in [0.5, 0.6) is 0 Å². The highest BCUT2D eigenvalue weighted by molar-refractivity contribution is 8.16. The number of rotatable bonds is 6. The molecule has 0 aliphatic heterocycles. The predicted octanol–water partition coefficient (Wildman–Crippen LogP) is 2.89. The Balaban J connectivity index is 2.60. The van der Waals surface area contributed by atoms with Crippen LogP contribution in [0, 0.1) is 0 Å². The van der Waals surface area contributed by atoms with E-state index < -0.39 is 0 Å². The molecule has 0 aromatic heterocycles. The van der Waals surface area contributed by atoms with Gasteiger partial charge in [-0.05, 0) is 0 Å². The molecule has 0 spiro atoms. The zero-order valence-corrected chi connectivity index (χ0v) is 8.25. The molecule has 0 saturated carbocycles. The van der Waals surface area contributed by atoms with Crippen molar-refractivity contribution >= 4 is 46.7 Å². The van der Waals surface area contributed by atoms with Gasteiger partial charge in [0.05, 0.1) is 0 Å². The van der Waals surface area contributed by atoms with E-state index in [4.69, 9.17) is 23.2 Å². The van der Waals surface area contributed by atoms with Crippen LogP contribution in [0.1, 0.15) is 0 Å². The maximum atomic E-state index is 5.46. The van der Waals surface area contributed by atoms with E-state index in [2.05, 4.69) is 0 Å². The standard InChI is InChI=1S/C5H10Cl2S2/c6-1-3-8-5-9-4-2-7/h1-5H2. The highest BCUT2D eigenvalue weighted by Gasteiger charge is 1.87. The molecule has 0 fully saturated rings. The Labute approximate surface area is 75.1 Å². The second-order valence-electron chi connectivity index (χ2n) is 1.31. The van der Waals surface area contributed by atoms with Gasteiger partial charge in [-0.15, -0.1) is 46.7 Å². The van der Waals surface area contributed by atoms with E-state index >= 15 is 0 Å². The summed E-state index contributed by atoms with van der Waals surface area (Å²) in [5.74, 6) is 3.62. The van der Waals surface area contributed by atoms with Gasteiger partial charge in [0.25, 0.3) is 0 Å². The molecule has 0 radical (unpaired) electrons. The Morgan fingerprint density at radius 3 is 1.67 bits per heavy atom. The van der Waals surface area contributed by atoms with Crippen LogP contribution in [-0.2, 0) is 0 Å². The monoisotopic (exact) mass is 204 g/mol. The summed E-state index contributed by atoms with van der Waals surface area (Å²) in [4.78, 5) is 0. The number of thioether (sulfide) groups is 2. The molecule has 0 aliphatic carbocycles. The molecule has 0 atom stereocenters. The highest BCUT2D eigenvalue weighted by Crippen LogP contribution is 2.11. The van der Waals surface area contributed by atoms with E-state index in [1.54, 1.807) is 0 Å². The van der Waals surface area contributed by atoms with Crippen LogP contribution in [-0.4, -0.2) is 28.4 Å². The molecule has 0 rings (SSSR count). The quantitative estimate of drug-likeness (QED) is 0.371. The first kappa shape index (κ1) is 10.3. The first-order valence-electron chi connectivity index (χ1n) is 2.69. The van der Waals surface area contributed by atoms with Crippen molar-refractivity contribution in [2.24, 2.45) is 0 Å². The van der Waals surface area contributed by atoms with Gasteiger partial charge in [0.1, 0.15) is 0 Å². The van der Waals surface area contributed by atoms with Crippen molar-refractivity contribution in [1.29, 1.82) is 0 Å². The van der Waals surface area contributed by atoms with Crippen LogP contribution in [0.4, 0.5) is 0 Å². The summed E-state index contributed by atoms with van der Waals surface area (Å²) in [7, 11) is 0. The fourth-order valence-electron chi connectivity index (χ4n) is 0.286. The fourth-order valence-corrected chi connectivity index (χ4v) is 2.57. The van der Waals surface area contributed by atoms with Crippen molar-refractivity contribution in [3.63, 3.8) is 0 Å². The first-order chi connectivity index (χ1) is 4.41. The lowest BCUT2D eigenvalue weighted by Crippen LogP contribution is -1.82. The third kappa shape index (κ3) is 9.28. The van der Waals surface area contributed by atoms with Crippen molar-refractivity contribution in [2.45, 2.75) is 0 Å². The van der Waals surface area contributed by atoms with E-state index in [1.807, 2.05) is 23.5 Å². The summed E-state index contributed by atoms with van der Waals surface area (Å²) < 4.78 is 0. The summed E-state index contributed by atoms with van der Waals surface area (Å²) in [5.41, 5.74) is 0. The number of hydrogen-bond acceptors (Lipinski definition) is 2. The lowest BCUT2D eigenvalue weighted by molar-refractivity contribution is 1.53. The smallest absolute Gasteiger partial charge is 0.0392 e. The topological polar surface area (TPSA) is 0 Å². The highest BCUT2D eigenvalue weighted by atomic mass is 35.5. The van der Waals surface area contributed by atoms with Gasteiger partial charge in [-0.25, -0.2) is 0 Å². The van der Waals surface area contributed by atoms with Gasteiger partial charge >= 0.3 is 0 Å². The van der Waals surface area contributed by atoms with Crippen molar-refractivity contribution in [3.8, 4) is 0 Å². The molecule has 0 nitrogen and oxygen atoms in total. The van der Waals surface area contributed by atoms with Gasteiger partial charge in [-0.1, -0.05) is 0 Å². The normalized spacial score (nSPS) is 10.0. The lowest BCUT2D eigenvalue weighted by Gasteiger charge is -1.95. The van der Waals surface area contributed by atoms with Crippen LogP contribution < -0.4 is 0 Å². The third-order valence-corrected chi connectivity index (χ3v) is 3.75. The van der Waals surface area contributed by atoms with Gasteiger partial charge < -0.3 is 0 Å². The zero-order chi connectivity index (χ0) is 6.95. The van der Waals surface area contributed by atoms with Crippen molar-refractivity contribution in [1.82, 2.24) is 0 Å². The molecule has 0 saturated heterocycles. The zero-order valence-electron chi connectivity index (χ0n) is 5.11. The van der Waals surface area contributed by atoms with Crippen molar-refractivity contribution in [3.05, 3.63) is 0 Å². The van der Waals surface area contributed by atoms with E-state index in [0.717, 1.165) is 28.4 Å². The summed E-state index contributed by atoms with van der Waals surface area (Å²) in [5, 5.41) is 1.12. The molecule has 0 aromatic carbocycles. The Kier molecular flexibility index (Phi) is 10.6. The van der Waals surface area contributed by atoms with Gasteiger partial charge in [-0.2, -0.15) is 0 Å². The van der Waals surface area contributed by atoms with Crippen LogP contribution in [0.15, 0.2) is 0 Å². The van der Waals surface area contributed by atoms with Gasteiger partial charge in [0.15, 0.2) is 0 Å². The SMILES string of the molecule is ClCCSCSCCCl. The minimum absolute atomic E-state index is 0.756. The Hall–Kier alpha value is 1.28. The molecule has 4 heteroatoms. The van der Waals surface area contributed by atoms with Crippen LogP contribution in [0.3, 0.4) is 0 Å². The summed E-state index contributed by atoms with van der Waals surface area (Å²) >= 11 is 14.6. The largest absolute Gasteiger partial charge is 0.150 e. The summed E-state index contributed by atoms with van der Waals surface area (Å²) in [6, 6.07) is 0. The molecule has 0 aliphatic rings. The molecule has 9 heavy (non-hydrogen) atoms. The van der Waals surface area contributed by atoms with Crippen LogP contribution in [0.25, 0.3) is 0 Å². The first-order valence-corrected chi connectivity index (χ1v) is 6.07. The molecule has 0 N–H and O–H groups in total. The van der Waals surface area contributed by atoms with E-state index in [-0.39, 0.29) is 0 Å². The van der Waals surface area contributed by atoms with E-state index in [1.165, 1.54) is 0 Å². The van der Waals surface area contributed by atoms with Gasteiger partial charge in [0.2, 0.25) is 0 Å². The third-order valence-electron chi connectivity index (χ3n) is 0.610. The van der Waals surface area contributed by atoms with Gasteiger partial charge in [0, 0.05) is 28.4 Å². The fraction of sp³-hybridized carbons (Fsp3) is 1.00. The average Bonchev–Trinajstić information content (AvgIpc) is 1.89. The predicted molar refractivity (Wildman–Crippen MR) is 51.2 cm³/mol. The molecule has 0 bridgehead atoms. The second kappa shape index (κ2) is 9.28. The summed E-state index contributed by atoms with van der Waals surface area (Å²) in [6.45, 7) is 0. The summed E-state index contributed by atoms with van der Waals surface area (Å²) in [6.07, 6.45) is 0. The molecule has 0 heterocycles.